The Bertz CT molecular complexity index is 309. The minimum atomic E-state index is 0. The van der Waals surface area contributed by atoms with Crippen molar-refractivity contribution in [1.82, 2.24) is 0 Å². The van der Waals surface area contributed by atoms with Crippen LogP contribution in [0.5, 0.6) is 0 Å². The molecular weight excluding hydrogens is 312 g/mol. The second-order valence-electron chi connectivity index (χ2n) is 4.14. The fraction of sp³-hybridized carbons (Fsp3) is 0.500. The second kappa shape index (κ2) is 20.4. The van der Waals surface area contributed by atoms with Gasteiger partial charge in [0.05, 0.1) is 0 Å². The van der Waals surface area contributed by atoms with Gasteiger partial charge in [0.15, 0.2) is 0 Å². The molecule has 2 aliphatic rings. The van der Waals surface area contributed by atoms with Gasteiger partial charge in [0, 0.05) is 0 Å². The van der Waals surface area contributed by atoms with Crippen LogP contribution in [0.1, 0.15) is 40.5 Å². The van der Waals surface area contributed by atoms with E-state index in [0.29, 0.717) is 0 Å². The van der Waals surface area contributed by atoms with Crippen molar-refractivity contribution in [3.8, 4) is 0 Å². The van der Waals surface area contributed by atoms with Crippen molar-refractivity contribution in [2.45, 2.75) is 40.5 Å². The third kappa shape index (κ3) is 14.4. The maximum atomic E-state index is 8.93. The normalized spacial score (nSPS) is 13.2. The zero-order valence-corrected chi connectivity index (χ0v) is 15.8. The van der Waals surface area contributed by atoms with Gasteiger partial charge in [-0.2, -0.15) is 18.1 Å². The van der Waals surface area contributed by atoms with E-state index in [0.717, 1.165) is 12.8 Å². The first kappa shape index (κ1) is 26.3. The summed E-state index contributed by atoms with van der Waals surface area (Å²) in [5.41, 5.74) is 2.95. The fourth-order valence-electron chi connectivity index (χ4n) is 1.66. The minimum Gasteiger partial charge on any atom is -0.855 e. The van der Waals surface area contributed by atoms with E-state index in [-0.39, 0.29) is 41.5 Å². The topological polar surface area (TPSA) is 69.2 Å². The molecule has 0 aromatic heterocycles. The van der Waals surface area contributed by atoms with Crippen molar-refractivity contribution in [1.29, 1.82) is 0 Å². The van der Waals surface area contributed by atoms with E-state index in [1.165, 1.54) is 17.1 Å². The summed E-state index contributed by atoms with van der Waals surface area (Å²) in [7, 11) is 0. The van der Waals surface area contributed by atoms with Crippen molar-refractivity contribution in [3.63, 3.8) is 0 Å². The molecule has 2 aliphatic carbocycles. The van der Waals surface area contributed by atoms with Gasteiger partial charge in [0.25, 0.3) is 0 Å². The Labute approximate surface area is 151 Å². The third-order valence-electron chi connectivity index (χ3n) is 2.51. The van der Waals surface area contributed by atoms with E-state index in [1.807, 2.05) is 0 Å². The molecule has 0 heterocycles. The molecule has 0 saturated heterocycles. The second-order valence-corrected chi connectivity index (χ2v) is 4.14. The molecule has 0 amide bonds. The van der Waals surface area contributed by atoms with Crippen LogP contribution < -0.4 is 15.3 Å². The Hall–Kier alpha value is -0.576. The summed E-state index contributed by atoms with van der Waals surface area (Å²) >= 11 is 0. The largest absolute Gasteiger partial charge is 4.00 e. The molecule has 0 radical (unpaired) electrons. The van der Waals surface area contributed by atoms with Crippen LogP contribution in [0.15, 0.2) is 47.6 Å². The van der Waals surface area contributed by atoms with Gasteiger partial charge in [-0.1, -0.05) is 39.8 Å². The van der Waals surface area contributed by atoms with Crippen LogP contribution in [0, 0.1) is 5.92 Å². The van der Waals surface area contributed by atoms with Gasteiger partial charge in [-0.15, -0.1) is 43.1 Å². The van der Waals surface area contributed by atoms with Gasteiger partial charge in [0.2, 0.25) is 0 Å². The van der Waals surface area contributed by atoms with Crippen molar-refractivity contribution < 1.29 is 37.0 Å². The molecule has 0 fully saturated rings. The first-order valence-electron chi connectivity index (χ1n) is 7.42. The minimum absolute atomic E-state index is 0. The molecule has 0 atom stereocenters. The average Bonchev–Trinajstić information content (AvgIpc) is 3.15. The van der Waals surface area contributed by atoms with Crippen LogP contribution in [0.4, 0.5) is 0 Å². The maximum absolute atomic E-state index is 8.93. The molecule has 0 aromatic carbocycles. The summed E-state index contributed by atoms with van der Waals surface area (Å²) in [6, 6.07) is 0. The number of allylic oxidation sites excluding steroid dienone is 8. The summed E-state index contributed by atoms with van der Waals surface area (Å²) in [6.45, 7) is 6.93. The molecule has 0 aliphatic heterocycles. The Kier molecular flexibility index (Phi) is 24.4. The number of hydrogen-bond acceptors (Lipinski definition) is 3. The Morgan fingerprint density at radius 1 is 0.818 bits per heavy atom. The molecule has 0 bridgehead atoms. The molecule has 0 N–H and O–H groups in total. The summed E-state index contributed by atoms with van der Waals surface area (Å²) in [4.78, 5) is 0. The fourth-order valence-corrected chi connectivity index (χ4v) is 1.66. The quantitative estimate of drug-likeness (QED) is 0.564. The summed E-state index contributed by atoms with van der Waals surface area (Å²) in [6.07, 6.45) is 15.4. The van der Waals surface area contributed by atoms with E-state index >= 15 is 0 Å². The van der Waals surface area contributed by atoms with E-state index in [1.54, 1.807) is 20.8 Å². The molecular formula is C18H28O3Ti. The molecule has 3 nitrogen and oxygen atoms in total. The zero-order chi connectivity index (χ0) is 16.5. The van der Waals surface area contributed by atoms with Gasteiger partial charge in [-0.05, 0) is 12.8 Å². The molecule has 0 unspecified atom stereocenters. The summed E-state index contributed by atoms with van der Waals surface area (Å²) < 4.78 is 0. The van der Waals surface area contributed by atoms with Gasteiger partial charge in [0.1, 0.15) is 0 Å². The van der Waals surface area contributed by atoms with Crippen molar-refractivity contribution in [3.05, 3.63) is 53.5 Å². The molecule has 122 valence electrons. The van der Waals surface area contributed by atoms with E-state index < -0.39 is 0 Å². The van der Waals surface area contributed by atoms with Crippen molar-refractivity contribution in [2.75, 3.05) is 19.8 Å². The molecule has 0 aromatic rings. The van der Waals surface area contributed by atoms with Crippen LogP contribution in [0.25, 0.3) is 0 Å². The van der Waals surface area contributed by atoms with Gasteiger partial charge in [-0.3, -0.25) is 0 Å². The maximum Gasteiger partial charge on any atom is 4.00 e. The molecule has 0 spiro atoms. The van der Waals surface area contributed by atoms with Crippen LogP contribution >= 0.6 is 0 Å². The zero-order valence-electron chi connectivity index (χ0n) is 14.2. The number of rotatable bonds is 2. The smallest absolute Gasteiger partial charge is 0.855 e. The monoisotopic (exact) mass is 340 g/mol. The molecule has 22 heavy (non-hydrogen) atoms. The average molecular weight is 340 g/mol. The van der Waals surface area contributed by atoms with Crippen LogP contribution in [0.3, 0.4) is 0 Å². The summed E-state index contributed by atoms with van der Waals surface area (Å²) in [5, 5.41) is 26.8. The molecule has 2 rings (SSSR count). The molecule has 4 heteroatoms. The summed E-state index contributed by atoms with van der Waals surface area (Å²) in [5.74, 6) is 1.46. The Morgan fingerprint density at radius 3 is 1.27 bits per heavy atom. The predicted octanol–water partition coefficient (Wildman–Crippen LogP) is 1.45. The predicted molar refractivity (Wildman–Crippen MR) is 84.2 cm³/mol. The van der Waals surface area contributed by atoms with E-state index in [4.69, 9.17) is 15.3 Å². The van der Waals surface area contributed by atoms with Crippen LogP contribution in [-0.4, -0.2) is 19.8 Å². The first-order valence-corrected chi connectivity index (χ1v) is 7.42. The van der Waals surface area contributed by atoms with Gasteiger partial charge < -0.3 is 15.3 Å². The van der Waals surface area contributed by atoms with Crippen molar-refractivity contribution >= 4 is 0 Å². The van der Waals surface area contributed by atoms with Gasteiger partial charge >= 0.3 is 21.7 Å². The Morgan fingerprint density at radius 2 is 1.09 bits per heavy atom. The third-order valence-corrected chi connectivity index (χ3v) is 2.51. The first-order chi connectivity index (χ1) is 10.1. The van der Waals surface area contributed by atoms with E-state index in [2.05, 4.69) is 43.4 Å². The Balaban J connectivity index is -0.000000307. The molecule has 0 saturated carbocycles. The van der Waals surface area contributed by atoms with Crippen LogP contribution in [0.2, 0.25) is 0 Å². The van der Waals surface area contributed by atoms with Crippen LogP contribution in [-0.2, 0) is 21.7 Å². The SMILES string of the molecule is CC[O-].CC[O-].CC[O-].C[C-](C1=CC=CC1)C1=CC=CC1.[Ti+4]. The number of hydrogen-bond donors (Lipinski definition) is 0. The van der Waals surface area contributed by atoms with E-state index in [9.17, 15) is 0 Å². The van der Waals surface area contributed by atoms with Gasteiger partial charge in [-0.25, -0.2) is 0 Å². The van der Waals surface area contributed by atoms with Crippen molar-refractivity contribution in [2.24, 2.45) is 0 Å². The standard InChI is InChI=1S/C12H13.3C2H5O.Ti/c1-10(11-6-2-3-7-11)12-8-4-5-9-12;3*1-2-3;/h2-6,8H,7,9H2,1H3;3*2H2,1H3;/q4*-1;+4.